The number of hydrogen-bond donors (Lipinski definition) is 3. The van der Waals surface area contributed by atoms with Gasteiger partial charge in [-0.1, -0.05) is 0 Å². The lowest BCUT2D eigenvalue weighted by atomic mass is 10.2. The van der Waals surface area contributed by atoms with Crippen LogP contribution >= 0.6 is 0 Å². The number of anilines is 2. The number of nitrogens with one attached hydrogen (secondary N) is 2. The summed E-state index contributed by atoms with van der Waals surface area (Å²) in [6.07, 6.45) is -0.499. The molecule has 0 radical (unpaired) electrons. The van der Waals surface area contributed by atoms with Crippen LogP contribution in [0.4, 0.5) is 21.9 Å². The Hall–Kier alpha value is -2.51. The van der Waals surface area contributed by atoms with Gasteiger partial charge in [0.2, 0.25) is 0 Å². The van der Waals surface area contributed by atoms with Crippen molar-refractivity contribution < 1.29 is 14.5 Å². The zero-order valence-corrected chi connectivity index (χ0v) is 12.3. The molecule has 8 heteroatoms. The Morgan fingerprint density at radius 3 is 2.57 bits per heavy atom. The fraction of sp³-hybridized carbons (Fsp3) is 0.462. The number of amides is 1. The highest BCUT2D eigenvalue weighted by Crippen LogP contribution is 2.23. The van der Waals surface area contributed by atoms with Gasteiger partial charge in [0, 0.05) is 25.2 Å². The molecular formula is C13H20N4O4. The molecule has 0 unspecified atom stereocenters. The Balaban J connectivity index is 2.40. The molecule has 0 heterocycles. The van der Waals surface area contributed by atoms with E-state index in [2.05, 4.69) is 10.6 Å². The number of non-ortho nitro benzene ring substituents is 1. The number of nitrogen functional groups attached to an aromatic ring is 1. The quantitative estimate of drug-likeness (QED) is 0.331. The maximum Gasteiger partial charge on any atom is 0.407 e. The summed E-state index contributed by atoms with van der Waals surface area (Å²) in [7, 11) is 0. The van der Waals surface area contributed by atoms with E-state index in [0.717, 1.165) is 0 Å². The first kappa shape index (κ1) is 16.5. The Kier molecular flexibility index (Phi) is 5.34. The van der Waals surface area contributed by atoms with Gasteiger partial charge in [0.05, 0.1) is 16.3 Å². The largest absolute Gasteiger partial charge is 0.444 e. The lowest BCUT2D eigenvalue weighted by Crippen LogP contribution is -2.35. The van der Waals surface area contributed by atoms with E-state index in [0.29, 0.717) is 18.8 Å². The molecule has 4 N–H and O–H groups in total. The van der Waals surface area contributed by atoms with Crippen molar-refractivity contribution in [3.8, 4) is 0 Å². The van der Waals surface area contributed by atoms with E-state index >= 15 is 0 Å². The number of carbonyl (C=O) groups is 1. The van der Waals surface area contributed by atoms with Crippen molar-refractivity contribution in [1.82, 2.24) is 5.32 Å². The molecule has 21 heavy (non-hydrogen) atoms. The van der Waals surface area contributed by atoms with Gasteiger partial charge in [-0.15, -0.1) is 0 Å². The molecule has 8 nitrogen and oxygen atoms in total. The topological polar surface area (TPSA) is 120 Å². The molecule has 0 saturated carbocycles. The van der Waals surface area contributed by atoms with Crippen molar-refractivity contribution in [2.75, 3.05) is 24.1 Å². The second-order valence-corrected chi connectivity index (χ2v) is 5.38. The predicted molar refractivity (Wildman–Crippen MR) is 80.2 cm³/mol. The van der Waals surface area contributed by atoms with Crippen molar-refractivity contribution in [3.63, 3.8) is 0 Å². The number of nitrogens with zero attached hydrogens (tertiary/aromatic N) is 1. The highest BCUT2D eigenvalue weighted by molar-refractivity contribution is 5.70. The molecule has 0 aliphatic rings. The summed E-state index contributed by atoms with van der Waals surface area (Å²) in [6, 6.07) is 4.17. The van der Waals surface area contributed by atoms with Crippen LogP contribution in [0.15, 0.2) is 18.2 Å². The van der Waals surface area contributed by atoms with Crippen LogP contribution in [0.25, 0.3) is 0 Å². The summed E-state index contributed by atoms with van der Waals surface area (Å²) >= 11 is 0. The van der Waals surface area contributed by atoms with Crippen LogP contribution in [0.1, 0.15) is 20.8 Å². The number of ether oxygens (including phenoxy) is 1. The first-order valence-corrected chi connectivity index (χ1v) is 6.43. The summed E-state index contributed by atoms with van der Waals surface area (Å²) in [5.41, 5.74) is 5.95. The van der Waals surface area contributed by atoms with Gasteiger partial charge >= 0.3 is 6.09 Å². The van der Waals surface area contributed by atoms with E-state index < -0.39 is 16.6 Å². The normalized spacial score (nSPS) is 10.8. The third kappa shape index (κ3) is 5.98. The van der Waals surface area contributed by atoms with Crippen molar-refractivity contribution in [3.05, 3.63) is 28.3 Å². The monoisotopic (exact) mass is 296 g/mol. The Morgan fingerprint density at radius 1 is 1.38 bits per heavy atom. The number of carbonyl (C=O) groups excluding carboxylic acids is 1. The van der Waals surface area contributed by atoms with Crippen LogP contribution < -0.4 is 16.4 Å². The maximum absolute atomic E-state index is 11.4. The van der Waals surface area contributed by atoms with Crippen LogP contribution in [0.5, 0.6) is 0 Å². The van der Waals surface area contributed by atoms with Gasteiger partial charge in [0.15, 0.2) is 0 Å². The average molecular weight is 296 g/mol. The summed E-state index contributed by atoms with van der Waals surface area (Å²) in [5.74, 6) is 0. The summed E-state index contributed by atoms with van der Waals surface area (Å²) in [5, 5.41) is 16.1. The van der Waals surface area contributed by atoms with Crippen molar-refractivity contribution in [1.29, 1.82) is 0 Å². The van der Waals surface area contributed by atoms with Crippen LogP contribution in [0.3, 0.4) is 0 Å². The molecule has 0 aliphatic carbocycles. The Bertz CT molecular complexity index is 525. The summed E-state index contributed by atoms with van der Waals surface area (Å²) < 4.78 is 5.08. The molecule has 0 saturated heterocycles. The van der Waals surface area contributed by atoms with E-state index in [1.54, 1.807) is 20.8 Å². The molecule has 0 spiro atoms. The third-order valence-electron chi connectivity index (χ3n) is 2.35. The molecule has 1 aromatic rings. The summed E-state index contributed by atoms with van der Waals surface area (Å²) in [4.78, 5) is 21.5. The number of alkyl carbamates (subject to hydrolysis) is 1. The van der Waals surface area contributed by atoms with Gasteiger partial charge in [0.1, 0.15) is 5.60 Å². The number of rotatable bonds is 5. The molecule has 116 valence electrons. The Labute approximate surface area is 122 Å². The SMILES string of the molecule is CC(C)(C)OC(=O)NCCNc1ccc([N+](=O)[O-])cc1N. The number of hydrogen-bond acceptors (Lipinski definition) is 6. The van der Waals surface area contributed by atoms with Gasteiger partial charge in [-0.25, -0.2) is 4.79 Å². The van der Waals surface area contributed by atoms with Gasteiger partial charge < -0.3 is 21.1 Å². The highest BCUT2D eigenvalue weighted by Gasteiger charge is 2.15. The second kappa shape index (κ2) is 6.78. The zero-order valence-electron chi connectivity index (χ0n) is 12.3. The van der Waals surface area contributed by atoms with Gasteiger partial charge in [-0.3, -0.25) is 10.1 Å². The molecular weight excluding hydrogens is 276 g/mol. The van der Waals surface area contributed by atoms with Crippen molar-refractivity contribution in [2.45, 2.75) is 26.4 Å². The maximum atomic E-state index is 11.4. The van der Waals surface area contributed by atoms with Crippen LogP contribution in [-0.4, -0.2) is 29.7 Å². The molecule has 1 rings (SSSR count). The minimum Gasteiger partial charge on any atom is -0.444 e. The molecule has 0 aliphatic heterocycles. The molecule has 0 bridgehead atoms. The first-order valence-electron chi connectivity index (χ1n) is 6.43. The van der Waals surface area contributed by atoms with Crippen molar-refractivity contribution in [2.24, 2.45) is 0 Å². The molecule has 1 aromatic carbocycles. The van der Waals surface area contributed by atoms with Gasteiger partial charge in [-0.05, 0) is 26.8 Å². The van der Waals surface area contributed by atoms with E-state index in [1.807, 2.05) is 0 Å². The smallest absolute Gasteiger partial charge is 0.407 e. The van der Waals surface area contributed by atoms with Crippen LogP contribution in [0, 0.1) is 10.1 Å². The molecule has 0 aromatic heterocycles. The fourth-order valence-electron chi connectivity index (χ4n) is 1.50. The highest BCUT2D eigenvalue weighted by atomic mass is 16.6. The van der Waals surface area contributed by atoms with E-state index in [4.69, 9.17) is 10.5 Å². The lowest BCUT2D eigenvalue weighted by Gasteiger charge is -2.19. The van der Waals surface area contributed by atoms with E-state index in [1.165, 1.54) is 18.2 Å². The fourth-order valence-corrected chi connectivity index (χ4v) is 1.50. The minimum absolute atomic E-state index is 0.0649. The summed E-state index contributed by atoms with van der Waals surface area (Å²) in [6.45, 7) is 6.10. The third-order valence-corrected chi connectivity index (χ3v) is 2.35. The average Bonchev–Trinajstić information content (AvgIpc) is 2.33. The molecule has 1 amide bonds. The Morgan fingerprint density at radius 2 is 2.05 bits per heavy atom. The van der Waals surface area contributed by atoms with Gasteiger partial charge in [0.25, 0.3) is 5.69 Å². The standard InChI is InChI=1S/C13H20N4O4/c1-13(2,3)21-12(18)16-7-6-15-11-5-4-9(17(19)20)8-10(11)14/h4-5,8,15H,6-7,14H2,1-3H3,(H,16,18). The minimum atomic E-state index is -0.541. The van der Waals surface area contributed by atoms with Gasteiger partial charge in [-0.2, -0.15) is 0 Å². The lowest BCUT2D eigenvalue weighted by molar-refractivity contribution is -0.384. The van der Waals surface area contributed by atoms with E-state index in [-0.39, 0.29) is 11.4 Å². The number of benzene rings is 1. The second-order valence-electron chi connectivity index (χ2n) is 5.38. The van der Waals surface area contributed by atoms with Crippen molar-refractivity contribution >= 4 is 23.2 Å². The molecule has 0 atom stereocenters. The first-order chi connectivity index (χ1) is 9.69. The predicted octanol–water partition coefficient (Wildman–Crippen LogP) is 2.11. The zero-order chi connectivity index (χ0) is 16.0. The number of nitro groups is 1. The van der Waals surface area contributed by atoms with E-state index in [9.17, 15) is 14.9 Å². The number of nitro benzene ring substituents is 1. The van der Waals surface area contributed by atoms with Crippen LogP contribution in [0.2, 0.25) is 0 Å². The van der Waals surface area contributed by atoms with Crippen LogP contribution in [-0.2, 0) is 4.74 Å². The number of nitrogens with two attached hydrogens (primary N) is 1. The molecule has 0 fully saturated rings.